The first-order valence-corrected chi connectivity index (χ1v) is 7.80. The standard InChI is InChI=1S/C16H9Cl2N3O3/c17-9-3-4-11(10(18)6-9)21-15(22)12-13(8-2-1-5-19-7-8)20-24-14(12)16(21)23/h1-7,12,14H/t12-,14+/m0/s1. The molecule has 0 radical (unpaired) electrons. The Morgan fingerprint density at radius 3 is 2.67 bits per heavy atom. The highest BCUT2D eigenvalue weighted by molar-refractivity contribution is 6.39. The van der Waals surface area contributed by atoms with Gasteiger partial charge in [-0.2, -0.15) is 0 Å². The molecule has 2 amide bonds. The van der Waals surface area contributed by atoms with Gasteiger partial charge in [-0.25, -0.2) is 4.90 Å². The number of hydrogen-bond acceptors (Lipinski definition) is 5. The van der Waals surface area contributed by atoms with Gasteiger partial charge in [0.15, 0.2) is 0 Å². The molecule has 0 unspecified atom stereocenters. The summed E-state index contributed by atoms with van der Waals surface area (Å²) in [5, 5.41) is 4.54. The molecule has 0 bridgehead atoms. The van der Waals surface area contributed by atoms with Crippen LogP contribution in [0, 0.1) is 5.92 Å². The molecule has 6 nitrogen and oxygen atoms in total. The zero-order valence-electron chi connectivity index (χ0n) is 12.0. The van der Waals surface area contributed by atoms with E-state index < -0.39 is 23.8 Å². The Balaban J connectivity index is 1.74. The van der Waals surface area contributed by atoms with Gasteiger partial charge in [-0.1, -0.05) is 28.4 Å². The van der Waals surface area contributed by atoms with Gasteiger partial charge in [-0.15, -0.1) is 0 Å². The molecule has 3 heterocycles. The molecule has 1 aromatic carbocycles. The first kappa shape index (κ1) is 15.1. The van der Waals surface area contributed by atoms with Gasteiger partial charge in [0.1, 0.15) is 11.6 Å². The van der Waals surface area contributed by atoms with E-state index in [9.17, 15) is 9.59 Å². The molecule has 2 aromatic rings. The molecule has 1 saturated heterocycles. The van der Waals surface area contributed by atoms with Crippen molar-refractivity contribution >= 4 is 46.4 Å². The van der Waals surface area contributed by atoms with E-state index in [0.29, 0.717) is 16.3 Å². The lowest BCUT2D eigenvalue weighted by atomic mass is 9.95. The molecule has 1 fully saturated rings. The van der Waals surface area contributed by atoms with Crippen LogP contribution in [0.3, 0.4) is 0 Å². The maximum absolute atomic E-state index is 12.9. The largest absolute Gasteiger partial charge is 0.381 e. The van der Waals surface area contributed by atoms with Crippen LogP contribution in [-0.2, 0) is 14.4 Å². The Morgan fingerprint density at radius 1 is 1.12 bits per heavy atom. The first-order valence-electron chi connectivity index (χ1n) is 7.05. The van der Waals surface area contributed by atoms with Crippen molar-refractivity contribution in [1.82, 2.24) is 4.98 Å². The number of pyridine rings is 1. The third-order valence-corrected chi connectivity index (χ3v) is 4.46. The van der Waals surface area contributed by atoms with Crippen molar-refractivity contribution in [1.29, 1.82) is 0 Å². The van der Waals surface area contributed by atoms with E-state index in [0.717, 1.165) is 4.90 Å². The van der Waals surface area contributed by atoms with Crippen LogP contribution in [0.2, 0.25) is 10.0 Å². The lowest BCUT2D eigenvalue weighted by Crippen LogP contribution is -2.33. The summed E-state index contributed by atoms with van der Waals surface area (Å²) in [7, 11) is 0. The molecule has 0 saturated carbocycles. The molecule has 0 spiro atoms. The fourth-order valence-electron chi connectivity index (χ4n) is 2.83. The molecule has 1 aromatic heterocycles. The third-order valence-electron chi connectivity index (χ3n) is 3.92. The van der Waals surface area contributed by atoms with E-state index in [-0.39, 0.29) is 10.7 Å². The molecular weight excluding hydrogens is 353 g/mol. The summed E-state index contributed by atoms with van der Waals surface area (Å²) in [6.45, 7) is 0. The van der Waals surface area contributed by atoms with Crippen LogP contribution in [0.5, 0.6) is 0 Å². The van der Waals surface area contributed by atoms with Gasteiger partial charge in [0, 0.05) is 23.0 Å². The van der Waals surface area contributed by atoms with E-state index in [4.69, 9.17) is 28.0 Å². The summed E-state index contributed by atoms with van der Waals surface area (Å²) in [6.07, 6.45) is 2.19. The maximum Gasteiger partial charge on any atom is 0.279 e. The fraction of sp³-hybridized carbons (Fsp3) is 0.125. The van der Waals surface area contributed by atoms with Crippen LogP contribution in [0.1, 0.15) is 5.56 Å². The average Bonchev–Trinajstić information content (AvgIpc) is 3.11. The number of imide groups is 1. The van der Waals surface area contributed by atoms with Gasteiger partial charge in [0.05, 0.1) is 10.7 Å². The monoisotopic (exact) mass is 361 g/mol. The van der Waals surface area contributed by atoms with Crippen LogP contribution in [-0.4, -0.2) is 28.6 Å². The molecule has 2 atom stereocenters. The van der Waals surface area contributed by atoms with Gasteiger partial charge in [0.25, 0.3) is 5.91 Å². The van der Waals surface area contributed by atoms with Crippen molar-refractivity contribution in [2.24, 2.45) is 11.1 Å². The van der Waals surface area contributed by atoms with E-state index in [2.05, 4.69) is 10.1 Å². The number of rotatable bonds is 2. The predicted octanol–water partition coefficient (Wildman–Crippen LogP) is 2.68. The Morgan fingerprint density at radius 2 is 1.96 bits per heavy atom. The quantitative estimate of drug-likeness (QED) is 0.770. The van der Waals surface area contributed by atoms with E-state index in [1.165, 1.54) is 12.1 Å². The molecule has 0 aliphatic carbocycles. The van der Waals surface area contributed by atoms with Crippen LogP contribution < -0.4 is 4.90 Å². The van der Waals surface area contributed by atoms with E-state index in [1.807, 2.05) is 0 Å². The summed E-state index contributed by atoms with van der Waals surface area (Å²) >= 11 is 12.0. The summed E-state index contributed by atoms with van der Waals surface area (Å²) < 4.78 is 0. The maximum atomic E-state index is 12.9. The molecule has 120 valence electrons. The van der Waals surface area contributed by atoms with Crippen LogP contribution >= 0.6 is 23.2 Å². The van der Waals surface area contributed by atoms with Crippen LogP contribution in [0.15, 0.2) is 47.9 Å². The van der Waals surface area contributed by atoms with Gasteiger partial charge in [-0.3, -0.25) is 14.6 Å². The van der Waals surface area contributed by atoms with Crippen molar-refractivity contribution < 1.29 is 14.4 Å². The van der Waals surface area contributed by atoms with Gasteiger partial charge >= 0.3 is 0 Å². The Labute approximate surface area is 146 Å². The highest BCUT2D eigenvalue weighted by Gasteiger charge is 2.56. The minimum Gasteiger partial charge on any atom is -0.381 e. The number of aromatic nitrogens is 1. The summed E-state index contributed by atoms with van der Waals surface area (Å²) in [6, 6.07) is 8.05. The predicted molar refractivity (Wildman–Crippen MR) is 88.1 cm³/mol. The molecule has 2 aliphatic heterocycles. The van der Waals surface area contributed by atoms with Gasteiger partial charge in [0.2, 0.25) is 12.0 Å². The number of anilines is 1. The van der Waals surface area contributed by atoms with Gasteiger partial charge < -0.3 is 4.84 Å². The Bertz CT molecular complexity index is 885. The summed E-state index contributed by atoms with van der Waals surface area (Å²) in [5.41, 5.74) is 1.30. The second-order valence-corrected chi connectivity index (χ2v) is 6.17. The number of benzene rings is 1. The SMILES string of the molecule is O=C1[C@H]2C(c3cccnc3)=NO[C@H]2C(=O)N1c1ccc(Cl)cc1Cl. The highest BCUT2D eigenvalue weighted by Crippen LogP contribution is 2.38. The van der Waals surface area contributed by atoms with E-state index in [1.54, 1.807) is 30.6 Å². The van der Waals surface area contributed by atoms with Crippen LogP contribution in [0.4, 0.5) is 5.69 Å². The zero-order valence-corrected chi connectivity index (χ0v) is 13.5. The zero-order chi connectivity index (χ0) is 16.8. The van der Waals surface area contributed by atoms with E-state index >= 15 is 0 Å². The first-order chi connectivity index (χ1) is 11.6. The third kappa shape index (κ3) is 2.18. The average molecular weight is 362 g/mol. The molecule has 4 rings (SSSR count). The van der Waals surface area contributed by atoms with Crippen LogP contribution in [0.25, 0.3) is 0 Å². The molecule has 0 N–H and O–H groups in total. The van der Waals surface area contributed by atoms with Crippen molar-refractivity contribution in [2.45, 2.75) is 6.10 Å². The second kappa shape index (κ2) is 5.58. The van der Waals surface area contributed by atoms with Crippen molar-refractivity contribution in [3.63, 3.8) is 0 Å². The van der Waals surface area contributed by atoms with Crippen molar-refractivity contribution in [3.05, 3.63) is 58.3 Å². The summed E-state index contributed by atoms with van der Waals surface area (Å²) in [5.74, 6) is -1.75. The summed E-state index contributed by atoms with van der Waals surface area (Å²) in [4.78, 5) is 35.7. The smallest absolute Gasteiger partial charge is 0.279 e. The number of oxime groups is 1. The minimum atomic E-state index is -0.987. The Kier molecular flexibility index (Phi) is 3.51. The second-order valence-electron chi connectivity index (χ2n) is 5.33. The molecular formula is C16H9Cl2N3O3. The number of hydrogen-bond donors (Lipinski definition) is 0. The number of fused-ring (bicyclic) bond motifs is 1. The van der Waals surface area contributed by atoms with Gasteiger partial charge in [-0.05, 0) is 30.3 Å². The number of carbonyl (C=O) groups is 2. The lowest BCUT2D eigenvalue weighted by molar-refractivity contribution is -0.126. The highest BCUT2D eigenvalue weighted by atomic mass is 35.5. The number of halogens is 2. The van der Waals surface area contributed by atoms with Crippen molar-refractivity contribution in [3.8, 4) is 0 Å². The molecule has 8 heteroatoms. The topological polar surface area (TPSA) is 71.9 Å². The number of carbonyl (C=O) groups excluding carboxylic acids is 2. The Hall–Kier alpha value is -2.44. The molecule has 2 aliphatic rings. The molecule has 24 heavy (non-hydrogen) atoms. The van der Waals surface area contributed by atoms with Crippen molar-refractivity contribution in [2.75, 3.05) is 4.90 Å². The number of amides is 2. The normalized spacial score (nSPS) is 22.4. The number of nitrogens with zero attached hydrogens (tertiary/aromatic N) is 3. The minimum absolute atomic E-state index is 0.212. The fourth-order valence-corrected chi connectivity index (χ4v) is 3.32. The lowest BCUT2D eigenvalue weighted by Gasteiger charge is -2.17.